The number of anilines is 3. The summed E-state index contributed by atoms with van der Waals surface area (Å²) in [5.41, 5.74) is 7.14. The van der Waals surface area contributed by atoms with Crippen molar-refractivity contribution in [3.63, 3.8) is 0 Å². The van der Waals surface area contributed by atoms with Crippen molar-refractivity contribution in [1.82, 2.24) is 5.32 Å². The van der Waals surface area contributed by atoms with Gasteiger partial charge in [0.05, 0.1) is 17.5 Å². The summed E-state index contributed by atoms with van der Waals surface area (Å²) in [6, 6.07) is 41.2. The molecule has 0 saturated heterocycles. The molecule has 0 heterocycles. The van der Waals surface area contributed by atoms with Gasteiger partial charge in [0, 0.05) is 17.8 Å². The van der Waals surface area contributed by atoms with Gasteiger partial charge in [-0.05, 0) is 83.7 Å². The summed E-state index contributed by atoms with van der Waals surface area (Å²) in [6.45, 7) is 12.9. The number of amides is 3. The summed E-state index contributed by atoms with van der Waals surface area (Å²) >= 11 is 0. The normalized spacial score (nSPS) is 12.1. The maximum Gasteiger partial charge on any atom is 0.323 e. The highest BCUT2D eigenvalue weighted by atomic mass is 28.4. The number of ether oxygens (including phenoxy) is 1. The highest BCUT2D eigenvalue weighted by Crippen LogP contribution is 2.40. The van der Waals surface area contributed by atoms with Gasteiger partial charge in [0.2, 0.25) is 6.41 Å². The van der Waals surface area contributed by atoms with Crippen molar-refractivity contribution in [2.75, 3.05) is 29.0 Å². The highest BCUT2D eigenvalue weighted by Gasteiger charge is 2.39. The Labute approximate surface area is 309 Å². The Morgan fingerprint density at radius 1 is 0.769 bits per heavy atom. The third kappa shape index (κ3) is 10.6. The van der Waals surface area contributed by atoms with Gasteiger partial charge in [-0.1, -0.05) is 118 Å². The molecule has 0 aliphatic heterocycles. The minimum Gasteiger partial charge on any atom is -0.487 e. The number of hydrogen-bond acceptors (Lipinski definition) is 5. The molecular formula is C43H50N4O4Si. The number of nitrogens with one attached hydrogen (secondary N) is 4. The molecule has 0 aliphatic carbocycles. The maximum atomic E-state index is 13.0. The number of carbonyl (C=O) groups excluding carboxylic acids is 2. The van der Waals surface area contributed by atoms with E-state index in [1.807, 2.05) is 121 Å². The molecule has 0 bridgehead atoms. The van der Waals surface area contributed by atoms with Crippen LogP contribution in [0.1, 0.15) is 43.6 Å². The Morgan fingerprint density at radius 3 is 2.19 bits per heavy atom. The third-order valence-electron chi connectivity index (χ3n) is 9.44. The number of para-hydroxylation sites is 1. The van der Waals surface area contributed by atoms with E-state index < -0.39 is 8.32 Å². The van der Waals surface area contributed by atoms with Gasteiger partial charge < -0.3 is 30.4 Å². The number of urea groups is 1. The second-order valence-corrected chi connectivity index (χ2v) is 19.1. The lowest BCUT2D eigenvalue weighted by molar-refractivity contribution is -0.105. The van der Waals surface area contributed by atoms with Crippen molar-refractivity contribution in [1.29, 1.82) is 0 Å². The molecule has 9 heteroatoms. The Balaban J connectivity index is 1.22. The van der Waals surface area contributed by atoms with Crippen LogP contribution in [-0.4, -0.2) is 33.8 Å². The van der Waals surface area contributed by atoms with E-state index in [1.54, 1.807) is 0 Å². The molecule has 1 atom stereocenters. The van der Waals surface area contributed by atoms with Crippen molar-refractivity contribution in [3.05, 3.63) is 144 Å². The second-order valence-electron chi connectivity index (χ2n) is 14.3. The summed E-state index contributed by atoms with van der Waals surface area (Å²) in [6.07, 6.45) is 1.18. The maximum absolute atomic E-state index is 13.0. The van der Waals surface area contributed by atoms with Gasteiger partial charge in [0.15, 0.2) is 8.32 Å². The molecule has 0 unspecified atom stereocenters. The van der Waals surface area contributed by atoms with Crippen LogP contribution >= 0.6 is 0 Å². The molecular weight excluding hydrogens is 665 g/mol. The van der Waals surface area contributed by atoms with E-state index in [9.17, 15) is 9.59 Å². The first-order valence-corrected chi connectivity index (χ1v) is 20.6. The molecule has 5 aromatic rings. The van der Waals surface area contributed by atoms with E-state index in [0.717, 1.165) is 45.6 Å². The topological polar surface area (TPSA) is 101 Å². The monoisotopic (exact) mass is 714 g/mol. The lowest BCUT2D eigenvalue weighted by Crippen LogP contribution is -2.43. The minimum absolute atomic E-state index is 0.0111. The first-order valence-electron chi connectivity index (χ1n) is 17.7. The van der Waals surface area contributed by atoms with Gasteiger partial charge in [-0.2, -0.15) is 0 Å². The van der Waals surface area contributed by atoms with Crippen molar-refractivity contribution in [2.24, 2.45) is 0 Å². The number of benzene rings is 5. The van der Waals surface area contributed by atoms with Crippen molar-refractivity contribution in [3.8, 4) is 16.9 Å². The molecule has 0 aliphatic rings. The van der Waals surface area contributed by atoms with Gasteiger partial charge in [-0.3, -0.25) is 4.79 Å². The predicted octanol–water partition coefficient (Wildman–Crippen LogP) is 10.0. The molecule has 5 aromatic carbocycles. The van der Waals surface area contributed by atoms with Gasteiger partial charge in [-0.15, -0.1) is 0 Å². The van der Waals surface area contributed by atoms with Crippen molar-refractivity contribution < 1.29 is 18.8 Å². The van der Waals surface area contributed by atoms with E-state index in [-0.39, 0.29) is 17.2 Å². The zero-order chi connectivity index (χ0) is 37.0. The third-order valence-corrected chi connectivity index (χ3v) is 13.9. The second kappa shape index (κ2) is 17.8. The van der Waals surface area contributed by atoms with E-state index in [4.69, 9.17) is 9.16 Å². The van der Waals surface area contributed by atoms with Crippen LogP contribution in [0.5, 0.6) is 5.75 Å². The molecule has 8 nitrogen and oxygen atoms in total. The molecule has 5 rings (SSSR count). The molecule has 0 spiro atoms. The van der Waals surface area contributed by atoms with Gasteiger partial charge in [0.1, 0.15) is 12.4 Å². The van der Waals surface area contributed by atoms with Crippen LogP contribution in [0, 0.1) is 0 Å². The van der Waals surface area contributed by atoms with E-state index in [1.165, 1.54) is 0 Å². The molecule has 0 saturated carbocycles. The molecule has 0 fully saturated rings. The average molecular weight is 715 g/mol. The summed E-state index contributed by atoms with van der Waals surface area (Å²) in [5.74, 6) is 0.598. The van der Waals surface area contributed by atoms with E-state index >= 15 is 0 Å². The van der Waals surface area contributed by atoms with Gasteiger partial charge in [-0.25, -0.2) is 4.79 Å². The highest BCUT2D eigenvalue weighted by molar-refractivity contribution is 6.74. The van der Waals surface area contributed by atoms with Crippen LogP contribution < -0.4 is 26.0 Å². The Morgan fingerprint density at radius 2 is 1.46 bits per heavy atom. The van der Waals surface area contributed by atoms with Crippen LogP contribution in [0.15, 0.2) is 127 Å². The standard InChI is InChI=1S/C43H50N4O4Si/c1-43(2,3)52(4,5)51-41(35-23-24-40(39(28-35)45-31-48)50-30-33-15-8-6-9-16-33)29-44-26-25-32-17-14-20-36(27-32)46-42(49)47-38-22-13-12-21-37(38)34-18-10-7-11-19-34/h6-24,27-28,31,41,44H,25-26,29-30H2,1-5H3,(H,45,48)(H2,46,47,49)/t41-/m0/s1. The number of carbonyl (C=O) groups is 2. The molecule has 3 amide bonds. The predicted molar refractivity (Wildman–Crippen MR) is 215 cm³/mol. The minimum atomic E-state index is -2.17. The van der Waals surface area contributed by atoms with Crippen molar-refractivity contribution >= 4 is 37.8 Å². The van der Waals surface area contributed by atoms with Crippen LogP contribution in [-0.2, 0) is 22.2 Å². The van der Waals surface area contributed by atoms with Crippen molar-refractivity contribution in [2.45, 2.75) is 58.0 Å². The molecule has 4 N–H and O–H groups in total. The quantitative estimate of drug-likeness (QED) is 0.0463. The SMILES string of the molecule is CC(C)(C)[Si](C)(C)O[C@@H](CNCCc1cccc(NC(=O)Nc2ccccc2-c2ccccc2)c1)c1ccc(OCc2ccccc2)c(NC=O)c1. The first kappa shape index (κ1) is 38.0. The van der Waals surface area contributed by atoms with Crippen LogP contribution in [0.2, 0.25) is 18.1 Å². The zero-order valence-corrected chi connectivity index (χ0v) is 31.7. The summed E-state index contributed by atoms with van der Waals surface area (Å²) < 4.78 is 13.1. The van der Waals surface area contributed by atoms with E-state index in [0.29, 0.717) is 37.5 Å². The molecule has 0 aromatic heterocycles. The number of rotatable bonds is 16. The summed E-state index contributed by atoms with van der Waals surface area (Å²) in [5, 5.41) is 12.5. The van der Waals surface area contributed by atoms with Gasteiger partial charge in [0.25, 0.3) is 0 Å². The van der Waals surface area contributed by atoms with Gasteiger partial charge >= 0.3 is 6.03 Å². The Kier molecular flexibility index (Phi) is 13.0. The fraction of sp³-hybridized carbons (Fsp3) is 0.256. The fourth-order valence-electron chi connectivity index (χ4n) is 5.56. The lowest BCUT2D eigenvalue weighted by Gasteiger charge is -2.39. The van der Waals surface area contributed by atoms with E-state index in [2.05, 4.69) is 61.2 Å². The fourth-order valence-corrected chi connectivity index (χ4v) is 6.85. The molecule has 270 valence electrons. The molecule has 52 heavy (non-hydrogen) atoms. The largest absolute Gasteiger partial charge is 0.487 e. The van der Waals surface area contributed by atoms with Crippen LogP contribution in [0.4, 0.5) is 21.9 Å². The molecule has 0 radical (unpaired) electrons. The lowest BCUT2D eigenvalue weighted by atomic mass is 10.0. The summed E-state index contributed by atoms with van der Waals surface area (Å²) in [7, 11) is -2.17. The Hall–Kier alpha value is -5.22. The van der Waals surface area contributed by atoms with Crippen LogP contribution in [0.3, 0.4) is 0 Å². The number of hydrogen-bond donors (Lipinski definition) is 4. The van der Waals surface area contributed by atoms with Crippen LogP contribution in [0.25, 0.3) is 11.1 Å². The average Bonchev–Trinajstić information content (AvgIpc) is 3.13. The Bertz CT molecular complexity index is 1910. The zero-order valence-electron chi connectivity index (χ0n) is 30.7. The summed E-state index contributed by atoms with van der Waals surface area (Å²) in [4.78, 5) is 24.6. The smallest absolute Gasteiger partial charge is 0.323 e. The first-order chi connectivity index (χ1) is 25.0.